The molecule has 2 aromatic rings. The Balaban J connectivity index is 2.12. The maximum Gasteiger partial charge on any atom is 0.140 e. The normalized spacial score (nSPS) is 13.3. The van der Waals surface area contributed by atoms with E-state index in [4.69, 9.17) is 5.26 Å². The molecule has 22 heavy (non-hydrogen) atoms. The van der Waals surface area contributed by atoms with Gasteiger partial charge in [0.25, 0.3) is 0 Å². The summed E-state index contributed by atoms with van der Waals surface area (Å²) in [5, 5.41) is 12.2. The van der Waals surface area contributed by atoms with Gasteiger partial charge in [-0.15, -0.1) is 0 Å². The van der Waals surface area contributed by atoms with Crippen LogP contribution < -0.4 is 5.32 Å². The first-order valence-electron chi connectivity index (χ1n) is 6.87. The van der Waals surface area contributed by atoms with Gasteiger partial charge in [-0.3, -0.25) is 4.21 Å². The number of hydrogen-bond donors (Lipinski definition) is 1. The molecule has 0 aliphatic carbocycles. The first-order valence-corrected chi connectivity index (χ1v) is 8.59. The first-order chi connectivity index (χ1) is 10.6. The van der Waals surface area contributed by atoms with Crippen molar-refractivity contribution in [3.8, 4) is 6.07 Å². The third-order valence-electron chi connectivity index (χ3n) is 3.31. The van der Waals surface area contributed by atoms with Gasteiger partial charge in [0.15, 0.2) is 0 Å². The largest absolute Gasteiger partial charge is 0.305 e. The van der Waals surface area contributed by atoms with Gasteiger partial charge in [0.05, 0.1) is 5.56 Å². The molecule has 0 bridgehead atoms. The van der Waals surface area contributed by atoms with Gasteiger partial charge >= 0.3 is 0 Å². The number of nitrogens with zero attached hydrogens (tertiary/aromatic N) is 1. The van der Waals surface area contributed by atoms with Crippen molar-refractivity contribution >= 4 is 10.8 Å². The highest BCUT2D eigenvalue weighted by molar-refractivity contribution is 7.84. The van der Waals surface area contributed by atoms with E-state index in [0.29, 0.717) is 12.3 Å². The van der Waals surface area contributed by atoms with E-state index in [1.165, 1.54) is 12.1 Å². The highest BCUT2D eigenvalue weighted by Gasteiger charge is 2.13. The Hall–Kier alpha value is -2.03. The molecular weight excluding hydrogens is 299 g/mol. The first kappa shape index (κ1) is 16.3. The highest BCUT2D eigenvalue weighted by Crippen LogP contribution is 2.16. The van der Waals surface area contributed by atoms with Gasteiger partial charge in [-0.25, -0.2) is 4.39 Å². The van der Waals surface area contributed by atoms with Crippen LogP contribution in [0.25, 0.3) is 0 Å². The number of nitrogens with one attached hydrogen (secondary N) is 1. The molecular formula is C17H17FN2OS. The summed E-state index contributed by atoms with van der Waals surface area (Å²) in [5.41, 5.74) is 1.91. The second-order valence-corrected chi connectivity index (χ2v) is 6.49. The van der Waals surface area contributed by atoms with Gasteiger partial charge in [-0.2, -0.15) is 5.26 Å². The molecule has 0 aromatic heterocycles. The van der Waals surface area contributed by atoms with Crippen molar-refractivity contribution in [2.45, 2.75) is 12.6 Å². The molecule has 114 valence electrons. The standard InChI is InChI=1S/C17H17FN2OS/c1-22(21)12-17(14-5-3-2-4-6-14)20-11-13-7-8-16(18)15(9-13)10-19/h2-9,17,20H,11-12H2,1H3/t17-,22-/m0/s1. The van der Waals surface area contributed by atoms with Crippen LogP contribution in [0.4, 0.5) is 4.39 Å². The Bertz CT molecular complexity index is 698. The molecule has 3 nitrogen and oxygen atoms in total. The third kappa shape index (κ3) is 4.48. The molecule has 0 saturated heterocycles. The summed E-state index contributed by atoms with van der Waals surface area (Å²) in [6.45, 7) is 0.478. The lowest BCUT2D eigenvalue weighted by Gasteiger charge is -2.18. The summed E-state index contributed by atoms with van der Waals surface area (Å²) in [6.07, 6.45) is 1.67. The zero-order valence-corrected chi connectivity index (χ0v) is 13.1. The Labute approximate surface area is 132 Å². The van der Waals surface area contributed by atoms with Crippen LogP contribution in [0.5, 0.6) is 0 Å². The second kappa shape index (κ2) is 7.83. The minimum absolute atomic E-state index is 0.0367. The molecule has 0 spiro atoms. The molecule has 0 unspecified atom stereocenters. The SMILES string of the molecule is C[S@](=O)C[C@H](NCc1ccc(F)c(C#N)c1)c1ccccc1. The van der Waals surface area contributed by atoms with E-state index in [0.717, 1.165) is 11.1 Å². The number of rotatable bonds is 6. The van der Waals surface area contributed by atoms with Crippen molar-refractivity contribution in [1.29, 1.82) is 5.26 Å². The monoisotopic (exact) mass is 316 g/mol. The molecule has 1 N–H and O–H groups in total. The van der Waals surface area contributed by atoms with Crippen LogP contribution in [-0.2, 0) is 17.3 Å². The van der Waals surface area contributed by atoms with Crippen LogP contribution in [-0.4, -0.2) is 16.2 Å². The summed E-state index contributed by atoms with van der Waals surface area (Å²) < 4.78 is 24.9. The number of halogens is 1. The summed E-state index contributed by atoms with van der Waals surface area (Å²) in [4.78, 5) is 0. The third-order valence-corrected chi connectivity index (χ3v) is 4.11. The average Bonchev–Trinajstić information content (AvgIpc) is 2.53. The van der Waals surface area contributed by atoms with Gasteiger partial charge in [-0.1, -0.05) is 36.4 Å². The van der Waals surface area contributed by atoms with Crippen molar-refractivity contribution in [1.82, 2.24) is 5.32 Å². The molecule has 2 rings (SSSR count). The van der Waals surface area contributed by atoms with Crippen molar-refractivity contribution < 1.29 is 8.60 Å². The zero-order valence-electron chi connectivity index (χ0n) is 12.3. The molecule has 0 amide bonds. The Morgan fingerprint density at radius 1 is 1.27 bits per heavy atom. The van der Waals surface area contributed by atoms with Crippen LogP contribution in [0, 0.1) is 17.1 Å². The van der Waals surface area contributed by atoms with Gasteiger partial charge in [-0.05, 0) is 23.3 Å². The highest BCUT2D eigenvalue weighted by atomic mass is 32.2. The van der Waals surface area contributed by atoms with Crippen LogP contribution >= 0.6 is 0 Å². The minimum atomic E-state index is -0.939. The molecule has 0 heterocycles. The minimum Gasteiger partial charge on any atom is -0.305 e. The van der Waals surface area contributed by atoms with E-state index in [-0.39, 0.29) is 11.6 Å². The molecule has 0 aliphatic rings. The maximum absolute atomic E-state index is 13.3. The molecule has 0 saturated carbocycles. The van der Waals surface area contributed by atoms with Crippen LogP contribution in [0.1, 0.15) is 22.7 Å². The van der Waals surface area contributed by atoms with E-state index < -0.39 is 16.6 Å². The maximum atomic E-state index is 13.3. The van der Waals surface area contributed by atoms with E-state index in [1.807, 2.05) is 36.4 Å². The van der Waals surface area contributed by atoms with Crippen LogP contribution in [0.3, 0.4) is 0 Å². The smallest absolute Gasteiger partial charge is 0.140 e. The number of hydrogen-bond acceptors (Lipinski definition) is 3. The van der Waals surface area contributed by atoms with Crippen molar-refractivity contribution in [3.63, 3.8) is 0 Å². The summed E-state index contributed by atoms with van der Waals surface area (Å²) in [6, 6.07) is 16.0. The Morgan fingerprint density at radius 2 is 2.00 bits per heavy atom. The zero-order chi connectivity index (χ0) is 15.9. The summed E-state index contributed by atoms with van der Waals surface area (Å²) in [7, 11) is -0.939. The van der Waals surface area contributed by atoms with E-state index in [9.17, 15) is 8.60 Å². The van der Waals surface area contributed by atoms with Crippen molar-refractivity contribution in [2.75, 3.05) is 12.0 Å². The average molecular weight is 316 g/mol. The van der Waals surface area contributed by atoms with Crippen molar-refractivity contribution in [2.24, 2.45) is 0 Å². The topological polar surface area (TPSA) is 52.9 Å². The fourth-order valence-corrected chi connectivity index (χ4v) is 2.98. The van der Waals surface area contributed by atoms with Gasteiger partial charge in [0.1, 0.15) is 11.9 Å². The second-order valence-electron chi connectivity index (χ2n) is 5.01. The van der Waals surface area contributed by atoms with Crippen LogP contribution in [0.2, 0.25) is 0 Å². The lowest BCUT2D eigenvalue weighted by atomic mass is 10.1. The predicted molar refractivity (Wildman–Crippen MR) is 86.1 cm³/mol. The van der Waals surface area contributed by atoms with Gasteiger partial charge < -0.3 is 5.32 Å². The van der Waals surface area contributed by atoms with Crippen molar-refractivity contribution in [3.05, 3.63) is 71.0 Å². The summed E-state index contributed by atoms with van der Waals surface area (Å²) >= 11 is 0. The molecule has 0 aliphatic heterocycles. The van der Waals surface area contributed by atoms with E-state index in [1.54, 1.807) is 12.3 Å². The van der Waals surface area contributed by atoms with Crippen LogP contribution in [0.15, 0.2) is 48.5 Å². The van der Waals surface area contributed by atoms with Gasteiger partial charge in [0.2, 0.25) is 0 Å². The molecule has 5 heteroatoms. The summed E-state index contributed by atoms with van der Waals surface area (Å²) in [5.74, 6) is -0.0171. The molecule has 0 radical (unpaired) electrons. The quantitative estimate of drug-likeness (QED) is 0.891. The fraction of sp³-hybridized carbons (Fsp3) is 0.235. The van der Waals surface area contributed by atoms with E-state index in [2.05, 4.69) is 5.32 Å². The molecule has 2 atom stereocenters. The van der Waals surface area contributed by atoms with E-state index >= 15 is 0 Å². The fourth-order valence-electron chi connectivity index (χ4n) is 2.20. The lowest BCUT2D eigenvalue weighted by Crippen LogP contribution is -2.25. The molecule has 2 aromatic carbocycles. The predicted octanol–water partition coefficient (Wildman–Crippen LogP) is 2.91. The number of benzene rings is 2. The van der Waals surface area contributed by atoms with Gasteiger partial charge in [0, 0.05) is 35.4 Å². The lowest BCUT2D eigenvalue weighted by molar-refractivity contribution is 0.572. The Morgan fingerprint density at radius 3 is 2.64 bits per heavy atom. The molecule has 0 fully saturated rings. The Kier molecular flexibility index (Phi) is 5.82. The number of nitriles is 1.